The van der Waals surface area contributed by atoms with Gasteiger partial charge in [-0.25, -0.2) is 9.78 Å². The molecule has 0 fully saturated rings. The number of nitrogens with one attached hydrogen (secondary N) is 1. The lowest BCUT2D eigenvalue weighted by molar-refractivity contribution is 0.0698. The minimum absolute atomic E-state index is 0.0454. The topological polar surface area (TPSA) is 106 Å². The summed E-state index contributed by atoms with van der Waals surface area (Å²) in [5, 5.41) is 16.5. The number of halogens is 1. The molecule has 20 heavy (non-hydrogen) atoms. The van der Waals surface area contributed by atoms with Gasteiger partial charge in [-0.15, -0.1) is 0 Å². The van der Waals surface area contributed by atoms with E-state index in [1.165, 1.54) is 12.1 Å². The van der Waals surface area contributed by atoms with Crippen LogP contribution in [0.5, 0.6) is 0 Å². The highest BCUT2D eigenvalue weighted by atomic mass is 35.5. The van der Waals surface area contributed by atoms with Crippen LogP contribution in [-0.4, -0.2) is 32.4 Å². The average molecular weight is 296 g/mol. The molecule has 1 heterocycles. The number of rotatable bonds is 5. The maximum atomic E-state index is 11.2. The average Bonchev–Trinajstić information content (AvgIpc) is 2.77. The lowest BCUT2D eigenvalue weighted by atomic mass is 10.1. The van der Waals surface area contributed by atoms with Gasteiger partial charge in [0.2, 0.25) is 0 Å². The van der Waals surface area contributed by atoms with Gasteiger partial charge in [-0.1, -0.05) is 11.6 Å². The Kier molecular flexibility index (Phi) is 4.09. The third-order valence-corrected chi connectivity index (χ3v) is 2.94. The molecule has 106 valence electrons. The number of carbonyl (C=O) groups is 1. The van der Waals surface area contributed by atoms with Crippen LogP contribution in [0.4, 0.5) is 11.4 Å². The quantitative estimate of drug-likeness (QED) is 0.720. The second kappa shape index (κ2) is 5.79. The van der Waals surface area contributed by atoms with Crippen LogP contribution >= 0.6 is 11.6 Å². The molecule has 0 aliphatic heterocycles. The molecule has 7 nitrogen and oxygen atoms in total. The molecule has 1 aromatic carbocycles. The summed E-state index contributed by atoms with van der Waals surface area (Å²) in [7, 11) is 1.78. The molecule has 0 amide bonds. The Bertz CT molecular complexity index is 641. The third kappa shape index (κ3) is 3.18. The second-order valence-electron chi connectivity index (χ2n) is 4.24. The number of aromatic carboxylic acids is 1. The number of nitrogen functional groups attached to an aromatic ring is 1. The number of hydrogen-bond donors (Lipinski definition) is 3. The van der Waals surface area contributed by atoms with E-state index < -0.39 is 5.97 Å². The van der Waals surface area contributed by atoms with Crippen molar-refractivity contribution in [3.63, 3.8) is 0 Å². The number of aryl methyl sites for hydroxylation is 1. The molecule has 0 spiro atoms. The Morgan fingerprint density at radius 2 is 2.30 bits per heavy atom. The standard InChI is InChI=1S/C12H14ClN5O2/c1-18-6-16-10(17-18)2-3-15-11-8(12(19)20)4-7(14)5-9(11)13/h4-6,15H,2-3,14H2,1H3,(H,19,20). The minimum Gasteiger partial charge on any atom is -0.478 e. The summed E-state index contributed by atoms with van der Waals surface area (Å²) >= 11 is 6.02. The van der Waals surface area contributed by atoms with Gasteiger partial charge < -0.3 is 16.2 Å². The number of anilines is 2. The SMILES string of the molecule is Cn1cnc(CCNc2c(Cl)cc(N)cc2C(=O)O)n1. The van der Waals surface area contributed by atoms with Crippen molar-refractivity contribution >= 4 is 28.9 Å². The largest absolute Gasteiger partial charge is 0.478 e. The monoisotopic (exact) mass is 295 g/mol. The fourth-order valence-corrected chi connectivity index (χ4v) is 2.07. The number of carboxylic acids is 1. The molecular weight excluding hydrogens is 282 g/mol. The Hall–Kier alpha value is -2.28. The number of carboxylic acid groups (broad SMARTS) is 1. The number of nitrogens with zero attached hydrogens (tertiary/aromatic N) is 3. The van der Waals surface area contributed by atoms with Crippen LogP contribution in [0.3, 0.4) is 0 Å². The molecule has 0 unspecified atom stereocenters. The third-order valence-electron chi connectivity index (χ3n) is 2.64. The van der Waals surface area contributed by atoms with Crippen LogP contribution in [0.15, 0.2) is 18.5 Å². The van der Waals surface area contributed by atoms with Crippen molar-refractivity contribution in [1.82, 2.24) is 14.8 Å². The van der Waals surface area contributed by atoms with Gasteiger partial charge in [-0.2, -0.15) is 5.10 Å². The van der Waals surface area contributed by atoms with Gasteiger partial charge in [0.05, 0.1) is 16.3 Å². The van der Waals surface area contributed by atoms with Gasteiger partial charge in [-0.3, -0.25) is 4.68 Å². The van der Waals surface area contributed by atoms with E-state index in [-0.39, 0.29) is 10.6 Å². The van der Waals surface area contributed by atoms with Gasteiger partial charge >= 0.3 is 5.97 Å². The second-order valence-corrected chi connectivity index (χ2v) is 4.65. The van der Waals surface area contributed by atoms with E-state index in [0.717, 1.165) is 0 Å². The molecule has 1 aromatic heterocycles. The zero-order valence-electron chi connectivity index (χ0n) is 10.8. The number of benzene rings is 1. The van der Waals surface area contributed by atoms with Crippen LogP contribution in [0.2, 0.25) is 5.02 Å². The maximum Gasteiger partial charge on any atom is 0.337 e. The van der Waals surface area contributed by atoms with Gasteiger partial charge in [0.25, 0.3) is 0 Å². The van der Waals surface area contributed by atoms with E-state index >= 15 is 0 Å². The molecule has 0 saturated heterocycles. The van der Waals surface area contributed by atoms with Gasteiger partial charge in [0.1, 0.15) is 6.33 Å². The molecule has 0 aliphatic carbocycles. The van der Waals surface area contributed by atoms with Gasteiger partial charge in [-0.05, 0) is 12.1 Å². The Morgan fingerprint density at radius 3 is 2.90 bits per heavy atom. The van der Waals surface area contributed by atoms with Crippen molar-refractivity contribution in [2.45, 2.75) is 6.42 Å². The van der Waals surface area contributed by atoms with E-state index in [0.29, 0.717) is 30.2 Å². The first-order valence-corrected chi connectivity index (χ1v) is 6.26. The molecule has 0 aliphatic rings. The molecule has 2 rings (SSSR count). The predicted molar refractivity (Wildman–Crippen MR) is 76.0 cm³/mol. The van der Waals surface area contributed by atoms with E-state index in [4.69, 9.17) is 22.4 Å². The van der Waals surface area contributed by atoms with Crippen molar-refractivity contribution in [1.29, 1.82) is 0 Å². The molecule has 0 radical (unpaired) electrons. The Balaban J connectivity index is 2.10. The highest BCUT2D eigenvalue weighted by Gasteiger charge is 2.14. The van der Waals surface area contributed by atoms with E-state index in [2.05, 4.69) is 15.4 Å². The number of hydrogen-bond acceptors (Lipinski definition) is 5. The molecule has 0 bridgehead atoms. The van der Waals surface area contributed by atoms with Crippen molar-refractivity contribution < 1.29 is 9.90 Å². The lowest BCUT2D eigenvalue weighted by Gasteiger charge is -2.11. The molecule has 0 saturated carbocycles. The number of aromatic nitrogens is 3. The molecule has 0 atom stereocenters. The van der Waals surface area contributed by atoms with E-state index in [1.54, 1.807) is 18.1 Å². The predicted octanol–water partition coefficient (Wildman–Crippen LogP) is 1.40. The fourth-order valence-electron chi connectivity index (χ4n) is 1.77. The smallest absolute Gasteiger partial charge is 0.337 e. The summed E-state index contributed by atoms with van der Waals surface area (Å²) in [6.07, 6.45) is 2.16. The fraction of sp³-hybridized carbons (Fsp3) is 0.250. The molecule has 8 heteroatoms. The zero-order valence-corrected chi connectivity index (χ0v) is 11.6. The van der Waals surface area contributed by atoms with Gasteiger partial charge in [0.15, 0.2) is 5.82 Å². The molecule has 4 N–H and O–H groups in total. The first kappa shape index (κ1) is 14.1. The summed E-state index contributed by atoms with van der Waals surface area (Å²) in [5.74, 6) is -0.416. The first-order chi connectivity index (χ1) is 9.47. The van der Waals surface area contributed by atoms with Crippen LogP contribution in [0, 0.1) is 0 Å². The van der Waals surface area contributed by atoms with E-state index in [9.17, 15) is 4.79 Å². The van der Waals surface area contributed by atoms with Crippen LogP contribution in [0.1, 0.15) is 16.2 Å². The summed E-state index contributed by atoms with van der Waals surface area (Å²) < 4.78 is 1.61. The van der Waals surface area contributed by atoms with Crippen molar-refractivity contribution in [3.8, 4) is 0 Å². The number of nitrogens with two attached hydrogens (primary N) is 1. The summed E-state index contributed by atoms with van der Waals surface area (Å²) in [4.78, 5) is 15.3. The van der Waals surface area contributed by atoms with Gasteiger partial charge in [0, 0.05) is 25.7 Å². The summed E-state index contributed by atoms with van der Waals surface area (Å²) in [6.45, 7) is 0.466. The minimum atomic E-state index is -1.09. The first-order valence-electron chi connectivity index (χ1n) is 5.88. The molecular formula is C12H14ClN5O2. The highest BCUT2D eigenvalue weighted by molar-refractivity contribution is 6.34. The van der Waals surface area contributed by atoms with Crippen LogP contribution in [0.25, 0.3) is 0 Å². The van der Waals surface area contributed by atoms with Crippen molar-refractivity contribution in [2.75, 3.05) is 17.6 Å². The Morgan fingerprint density at radius 1 is 1.55 bits per heavy atom. The normalized spacial score (nSPS) is 10.5. The highest BCUT2D eigenvalue weighted by Crippen LogP contribution is 2.29. The summed E-state index contributed by atoms with van der Waals surface area (Å²) in [6, 6.07) is 2.88. The summed E-state index contributed by atoms with van der Waals surface area (Å²) in [5.41, 5.74) is 6.30. The Labute approximate surface area is 120 Å². The maximum absolute atomic E-state index is 11.2. The zero-order chi connectivity index (χ0) is 14.7. The van der Waals surface area contributed by atoms with E-state index in [1.807, 2.05) is 0 Å². The molecule has 2 aromatic rings. The lowest BCUT2D eigenvalue weighted by Crippen LogP contribution is -2.11. The van der Waals surface area contributed by atoms with Crippen LogP contribution in [-0.2, 0) is 13.5 Å². The van der Waals surface area contributed by atoms with Crippen molar-refractivity contribution in [2.24, 2.45) is 7.05 Å². The van der Waals surface area contributed by atoms with Crippen LogP contribution < -0.4 is 11.1 Å². The van der Waals surface area contributed by atoms with Crippen molar-refractivity contribution in [3.05, 3.63) is 34.9 Å².